The van der Waals surface area contributed by atoms with E-state index in [2.05, 4.69) is 23.1 Å². The van der Waals surface area contributed by atoms with E-state index in [1.165, 1.54) is 0 Å². The van der Waals surface area contributed by atoms with Gasteiger partial charge in [0.15, 0.2) is 10.7 Å². The molecule has 2 unspecified atom stereocenters. The Bertz CT molecular complexity index is 557. The smallest absolute Gasteiger partial charge is 0.274 e. The molecule has 2 rings (SSSR count). The van der Waals surface area contributed by atoms with Crippen molar-refractivity contribution >= 4 is 29.1 Å². The predicted molar refractivity (Wildman–Crippen MR) is 95.8 cm³/mol. The molecule has 1 fully saturated rings. The molecule has 2 amide bonds. The third-order valence-electron chi connectivity index (χ3n) is 4.00. The molecule has 0 aromatic rings. The topological polar surface area (TPSA) is 79.5 Å². The summed E-state index contributed by atoms with van der Waals surface area (Å²) in [6.07, 6.45) is 11.4. The normalized spacial score (nSPS) is 23.4. The van der Waals surface area contributed by atoms with Crippen LogP contribution in [-0.2, 0) is 14.3 Å². The van der Waals surface area contributed by atoms with Crippen LogP contribution < -0.4 is 16.2 Å². The van der Waals surface area contributed by atoms with Crippen LogP contribution in [0.15, 0.2) is 24.3 Å². The van der Waals surface area contributed by atoms with Gasteiger partial charge < -0.3 is 10.1 Å². The summed E-state index contributed by atoms with van der Waals surface area (Å²) >= 11 is 5.03. The molecule has 132 valence electrons. The van der Waals surface area contributed by atoms with Crippen LogP contribution in [0.5, 0.6) is 0 Å². The molecule has 24 heavy (non-hydrogen) atoms. The molecule has 6 nitrogen and oxygen atoms in total. The summed E-state index contributed by atoms with van der Waals surface area (Å²) < 4.78 is 6.02. The number of allylic oxidation sites excluding steroid dienone is 2. The maximum atomic E-state index is 12.6. The fourth-order valence-corrected chi connectivity index (χ4v) is 2.70. The van der Waals surface area contributed by atoms with Crippen LogP contribution in [-0.4, -0.2) is 28.6 Å². The van der Waals surface area contributed by atoms with Crippen molar-refractivity contribution in [3.63, 3.8) is 0 Å². The molecule has 2 atom stereocenters. The Morgan fingerprint density at radius 2 is 2.08 bits per heavy atom. The lowest BCUT2D eigenvalue weighted by molar-refractivity contribution is -0.147. The van der Waals surface area contributed by atoms with Crippen LogP contribution in [0, 0.1) is 5.92 Å². The number of hydrogen-bond donors (Lipinski definition) is 3. The molecule has 0 bridgehead atoms. The highest BCUT2D eigenvalue weighted by molar-refractivity contribution is 7.80. The first-order valence-electron chi connectivity index (χ1n) is 8.40. The van der Waals surface area contributed by atoms with Crippen molar-refractivity contribution < 1.29 is 14.3 Å². The minimum Gasteiger partial charge on any atom is -0.358 e. The van der Waals surface area contributed by atoms with E-state index < -0.39 is 5.60 Å². The van der Waals surface area contributed by atoms with Crippen molar-refractivity contribution in [1.82, 2.24) is 16.2 Å². The highest BCUT2D eigenvalue weighted by Crippen LogP contribution is 2.28. The first-order valence-corrected chi connectivity index (χ1v) is 8.81. The van der Waals surface area contributed by atoms with E-state index in [0.717, 1.165) is 25.7 Å². The number of thiocarbonyl (C=S) groups is 1. The molecule has 0 saturated heterocycles. The number of amides is 2. The molecule has 2 aliphatic carbocycles. The van der Waals surface area contributed by atoms with E-state index in [1.54, 1.807) is 12.2 Å². The molecule has 0 heterocycles. The zero-order valence-corrected chi connectivity index (χ0v) is 14.9. The Hall–Kier alpha value is -1.73. The highest BCUT2D eigenvalue weighted by atomic mass is 32.1. The fraction of sp³-hybridized carbons (Fsp3) is 0.588. The van der Waals surface area contributed by atoms with Crippen molar-refractivity contribution in [2.45, 2.75) is 57.7 Å². The molecule has 0 spiro atoms. The van der Waals surface area contributed by atoms with E-state index in [4.69, 9.17) is 17.0 Å². The monoisotopic (exact) mass is 351 g/mol. The van der Waals surface area contributed by atoms with E-state index in [1.807, 2.05) is 19.1 Å². The standard InChI is InChI=1S/C17H25N3O3S/c1-3-7-12(2)23-17(10-5-4-6-11-17)15(22)19-20-16(24)18-14(21)13-8-9-13/h4-6,10,12-13H,3,7-9,11H2,1-2H3,(H,19,22)(H2,18,20,21,24). The summed E-state index contributed by atoms with van der Waals surface area (Å²) in [5.41, 5.74) is 4.07. The van der Waals surface area contributed by atoms with Gasteiger partial charge in [0.1, 0.15) is 0 Å². The van der Waals surface area contributed by atoms with Crippen molar-refractivity contribution in [2.24, 2.45) is 5.92 Å². The maximum Gasteiger partial charge on any atom is 0.274 e. The third-order valence-corrected chi connectivity index (χ3v) is 4.20. The molecule has 0 aliphatic heterocycles. The fourth-order valence-electron chi connectivity index (χ4n) is 2.54. The number of rotatable bonds is 6. The second kappa shape index (κ2) is 8.39. The number of carbonyl (C=O) groups is 2. The third kappa shape index (κ3) is 5.14. The Morgan fingerprint density at radius 1 is 1.33 bits per heavy atom. The summed E-state index contributed by atoms with van der Waals surface area (Å²) in [5, 5.41) is 2.66. The van der Waals surface area contributed by atoms with Gasteiger partial charge >= 0.3 is 0 Å². The predicted octanol–water partition coefficient (Wildman–Crippen LogP) is 1.88. The highest BCUT2D eigenvalue weighted by Gasteiger charge is 2.38. The molecule has 2 aliphatic rings. The maximum absolute atomic E-state index is 12.6. The van der Waals surface area contributed by atoms with Gasteiger partial charge in [-0.1, -0.05) is 31.6 Å². The lowest BCUT2D eigenvalue weighted by Gasteiger charge is -2.33. The summed E-state index contributed by atoms with van der Waals surface area (Å²) in [7, 11) is 0. The average Bonchev–Trinajstić information content (AvgIpc) is 3.38. The summed E-state index contributed by atoms with van der Waals surface area (Å²) in [4.78, 5) is 24.3. The molecule has 1 saturated carbocycles. The SMILES string of the molecule is CCCC(C)OC1(C(=O)NNC(=S)NC(=O)C2CC2)C=CC=CC1. The van der Waals surface area contributed by atoms with Crippen LogP contribution >= 0.6 is 12.2 Å². The van der Waals surface area contributed by atoms with Crippen molar-refractivity contribution in [2.75, 3.05) is 0 Å². The second-order valence-electron chi connectivity index (χ2n) is 6.27. The zero-order valence-electron chi connectivity index (χ0n) is 14.1. The number of nitrogens with one attached hydrogen (secondary N) is 3. The van der Waals surface area contributed by atoms with Crippen molar-refractivity contribution in [3.8, 4) is 0 Å². The van der Waals surface area contributed by atoms with E-state index >= 15 is 0 Å². The van der Waals surface area contributed by atoms with Gasteiger partial charge in [-0.25, -0.2) is 0 Å². The minimum atomic E-state index is -1.06. The van der Waals surface area contributed by atoms with Crippen molar-refractivity contribution in [3.05, 3.63) is 24.3 Å². The van der Waals surface area contributed by atoms with Gasteiger partial charge in [0.25, 0.3) is 5.91 Å². The zero-order chi connectivity index (χ0) is 17.6. The van der Waals surface area contributed by atoms with E-state index in [0.29, 0.717) is 6.42 Å². The number of ether oxygens (including phenoxy) is 1. The molecule has 3 N–H and O–H groups in total. The Kier molecular flexibility index (Phi) is 6.51. The molecular formula is C17H25N3O3S. The number of carbonyl (C=O) groups excluding carboxylic acids is 2. The summed E-state index contributed by atoms with van der Waals surface area (Å²) in [6.45, 7) is 4.03. The molecule has 0 aromatic carbocycles. The second-order valence-corrected chi connectivity index (χ2v) is 6.68. The van der Waals surface area contributed by atoms with Gasteiger partial charge in [-0.05, 0) is 44.5 Å². The molecule has 0 radical (unpaired) electrons. The van der Waals surface area contributed by atoms with Crippen molar-refractivity contribution in [1.29, 1.82) is 0 Å². The lowest BCUT2D eigenvalue weighted by atomic mass is 9.93. The van der Waals surface area contributed by atoms with Crippen LogP contribution in [0.1, 0.15) is 46.0 Å². The number of hydrazine groups is 1. The largest absolute Gasteiger partial charge is 0.358 e. The lowest BCUT2D eigenvalue weighted by Crippen LogP contribution is -2.56. The van der Waals surface area contributed by atoms with E-state index in [-0.39, 0.29) is 28.9 Å². The van der Waals surface area contributed by atoms with Crippen LogP contribution in [0.25, 0.3) is 0 Å². The first kappa shape index (κ1) is 18.6. The van der Waals surface area contributed by atoms with Gasteiger partial charge in [-0.15, -0.1) is 0 Å². The Balaban J connectivity index is 1.90. The van der Waals surface area contributed by atoms with Crippen LogP contribution in [0.2, 0.25) is 0 Å². The van der Waals surface area contributed by atoms with Crippen LogP contribution in [0.3, 0.4) is 0 Å². The first-order chi connectivity index (χ1) is 11.5. The quantitative estimate of drug-likeness (QED) is 0.503. The van der Waals surface area contributed by atoms with E-state index in [9.17, 15) is 9.59 Å². The van der Waals surface area contributed by atoms with Crippen LogP contribution in [0.4, 0.5) is 0 Å². The van der Waals surface area contributed by atoms with Gasteiger partial charge in [0.05, 0.1) is 6.10 Å². The van der Waals surface area contributed by atoms with Gasteiger partial charge in [-0.3, -0.25) is 20.4 Å². The average molecular weight is 351 g/mol. The molecular weight excluding hydrogens is 326 g/mol. The Labute approximate surface area is 148 Å². The molecule has 7 heteroatoms. The number of hydrogen-bond acceptors (Lipinski definition) is 4. The minimum absolute atomic E-state index is 0.0431. The Morgan fingerprint density at radius 3 is 2.67 bits per heavy atom. The summed E-state index contributed by atoms with van der Waals surface area (Å²) in [5.74, 6) is -0.393. The molecule has 0 aromatic heterocycles. The van der Waals surface area contributed by atoms with Gasteiger partial charge in [0.2, 0.25) is 5.91 Å². The van der Waals surface area contributed by atoms with Gasteiger partial charge in [-0.2, -0.15) is 0 Å². The van der Waals surface area contributed by atoms with Gasteiger partial charge in [0, 0.05) is 12.3 Å². The summed E-state index contributed by atoms with van der Waals surface area (Å²) in [6, 6.07) is 0.